The fourth-order valence-electron chi connectivity index (χ4n) is 1.01. The van der Waals surface area contributed by atoms with Gasteiger partial charge in [0.2, 0.25) is 0 Å². The van der Waals surface area contributed by atoms with E-state index in [0.717, 1.165) is 9.79 Å². The summed E-state index contributed by atoms with van der Waals surface area (Å²) in [5.74, 6) is 0.522. The maximum absolute atomic E-state index is 5.69. The highest BCUT2D eigenvalue weighted by Gasteiger charge is 1.98. The van der Waals surface area contributed by atoms with Crippen LogP contribution in [0.25, 0.3) is 0 Å². The Bertz CT molecular complexity index is 398. The third-order valence-electron chi connectivity index (χ3n) is 1.70. The summed E-state index contributed by atoms with van der Waals surface area (Å²) < 4.78 is 0. The van der Waals surface area contributed by atoms with E-state index in [-0.39, 0.29) is 0 Å². The second-order valence-electron chi connectivity index (χ2n) is 2.84. The number of nitrogen functional groups attached to an aromatic ring is 1. The standard InChI is InChI=1S/C10H8ClN3S/c11-9-3-1-7(5-13-9)15-8-2-4-10(12)14-6-8/h1-6H,(H2,12,14). The van der Waals surface area contributed by atoms with Crippen molar-refractivity contribution in [2.24, 2.45) is 0 Å². The molecule has 3 nitrogen and oxygen atoms in total. The van der Waals surface area contributed by atoms with E-state index in [1.165, 1.54) is 0 Å². The predicted octanol–water partition coefficient (Wildman–Crippen LogP) is 2.86. The lowest BCUT2D eigenvalue weighted by Gasteiger charge is -2.00. The molecule has 5 heteroatoms. The first kappa shape index (κ1) is 10.3. The van der Waals surface area contributed by atoms with Crippen molar-refractivity contribution in [1.29, 1.82) is 0 Å². The van der Waals surface area contributed by atoms with E-state index in [1.54, 1.807) is 36.3 Å². The summed E-state index contributed by atoms with van der Waals surface area (Å²) in [6.07, 6.45) is 3.46. The molecule has 0 atom stereocenters. The lowest BCUT2D eigenvalue weighted by atomic mass is 10.5. The number of hydrogen-bond donors (Lipinski definition) is 1. The van der Waals surface area contributed by atoms with E-state index in [9.17, 15) is 0 Å². The van der Waals surface area contributed by atoms with Crippen LogP contribution in [0.5, 0.6) is 0 Å². The Balaban J connectivity index is 2.15. The number of hydrogen-bond acceptors (Lipinski definition) is 4. The lowest BCUT2D eigenvalue weighted by molar-refractivity contribution is 1.22. The Kier molecular flexibility index (Phi) is 3.08. The highest BCUT2D eigenvalue weighted by Crippen LogP contribution is 2.27. The quantitative estimate of drug-likeness (QED) is 0.816. The normalized spacial score (nSPS) is 10.2. The molecule has 0 saturated carbocycles. The molecule has 0 aliphatic rings. The van der Waals surface area contributed by atoms with Gasteiger partial charge in [-0.1, -0.05) is 23.4 Å². The first-order valence-electron chi connectivity index (χ1n) is 4.25. The number of halogens is 1. The molecule has 2 heterocycles. The van der Waals surface area contributed by atoms with E-state index in [2.05, 4.69) is 9.97 Å². The minimum atomic E-state index is 0.495. The van der Waals surface area contributed by atoms with Gasteiger partial charge in [-0.15, -0.1) is 0 Å². The van der Waals surface area contributed by atoms with E-state index in [4.69, 9.17) is 17.3 Å². The largest absolute Gasteiger partial charge is 0.384 e. The van der Waals surface area contributed by atoms with Gasteiger partial charge in [-0.05, 0) is 24.3 Å². The Morgan fingerprint density at radius 2 is 1.67 bits per heavy atom. The Labute approximate surface area is 96.7 Å². The molecule has 2 aromatic heterocycles. The molecule has 0 aliphatic carbocycles. The average Bonchev–Trinajstić information content (AvgIpc) is 2.25. The van der Waals surface area contributed by atoms with Gasteiger partial charge in [0, 0.05) is 22.2 Å². The number of pyridine rings is 2. The lowest BCUT2D eigenvalue weighted by Crippen LogP contribution is -1.87. The summed E-state index contributed by atoms with van der Waals surface area (Å²) in [7, 11) is 0. The Morgan fingerprint density at radius 1 is 1.00 bits per heavy atom. The van der Waals surface area contributed by atoms with E-state index >= 15 is 0 Å². The van der Waals surface area contributed by atoms with Crippen molar-refractivity contribution in [3.63, 3.8) is 0 Å². The van der Waals surface area contributed by atoms with Crippen LogP contribution in [-0.2, 0) is 0 Å². The number of nitrogens with two attached hydrogens (primary N) is 1. The zero-order valence-electron chi connectivity index (χ0n) is 7.72. The molecule has 0 spiro atoms. The van der Waals surface area contributed by atoms with Crippen LogP contribution in [0.3, 0.4) is 0 Å². The van der Waals surface area contributed by atoms with Gasteiger partial charge in [0.25, 0.3) is 0 Å². The molecule has 0 unspecified atom stereocenters. The molecule has 2 aromatic rings. The molecule has 0 amide bonds. The van der Waals surface area contributed by atoms with Crippen LogP contribution in [0.15, 0.2) is 46.5 Å². The topological polar surface area (TPSA) is 51.8 Å². The van der Waals surface area contributed by atoms with Crippen LogP contribution in [-0.4, -0.2) is 9.97 Å². The zero-order chi connectivity index (χ0) is 10.7. The van der Waals surface area contributed by atoms with E-state index < -0.39 is 0 Å². The molecule has 15 heavy (non-hydrogen) atoms. The molecule has 2 N–H and O–H groups in total. The molecular formula is C10H8ClN3S. The van der Waals surface area contributed by atoms with Crippen LogP contribution < -0.4 is 5.73 Å². The van der Waals surface area contributed by atoms with E-state index in [1.807, 2.05) is 12.1 Å². The van der Waals surface area contributed by atoms with Crippen molar-refractivity contribution in [3.8, 4) is 0 Å². The van der Waals surface area contributed by atoms with Crippen molar-refractivity contribution >= 4 is 29.2 Å². The van der Waals surface area contributed by atoms with Crippen LogP contribution in [0.1, 0.15) is 0 Å². The van der Waals surface area contributed by atoms with Crippen LogP contribution in [0.4, 0.5) is 5.82 Å². The average molecular weight is 238 g/mol. The van der Waals surface area contributed by atoms with Gasteiger partial charge in [0.05, 0.1) is 0 Å². The predicted molar refractivity (Wildman–Crippen MR) is 62.0 cm³/mol. The highest BCUT2D eigenvalue weighted by molar-refractivity contribution is 7.99. The van der Waals surface area contributed by atoms with Crippen molar-refractivity contribution in [2.45, 2.75) is 9.79 Å². The smallest absolute Gasteiger partial charge is 0.129 e. The molecule has 0 fully saturated rings. The molecule has 0 aromatic carbocycles. The van der Waals surface area contributed by atoms with Gasteiger partial charge in [-0.25, -0.2) is 9.97 Å². The first-order chi connectivity index (χ1) is 7.24. The Morgan fingerprint density at radius 3 is 2.20 bits per heavy atom. The molecule has 76 valence electrons. The third kappa shape index (κ3) is 2.84. The first-order valence-corrected chi connectivity index (χ1v) is 5.44. The second-order valence-corrected chi connectivity index (χ2v) is 4.37. The summed E-state index contributed by atoms with van der Waals surface area (Å²) in [6, 6.07) is 7.36. The second kappa shape index (κ2) is 4.51. The third-order valence-corrected chi connectivity index (χ3v) is 2.87. The van der Waals surface area contributed by atoms with Crippen molar-refractivity contribution in [2.75, 3.05) is 5.73 Å². The van der Waals surface area contributed by atoms with Gasteiger partial charge in [0.15, 0.2) is 0 Å². The fraction of sp³-hybridized carbons (Fsp3) is 0. The van der Waals surface area contributed by atoms with Gasteiger partial charge < -0.3 is 5.73 Å². The molecular weight excluding hydrogens is 230 g/mol. The minimum absolute atomic E-state index is 0.495. The summed E-state index contributed by atoms with van der Waals surface area (Å²) in [4.78, 5) is 10.0. The summed E-state index contributed by atoms with van der Waals surface area (Å²) >= 11 is 7.25. The van der Waals surface area contributed by atoms with E-state index in [0.29, 0.717) is 11.0 Å². The van der Waals surface area contributed by atoms with Gasteiger partial charge in [-0.2, -0.15) is 0 Å². The number of rotatable bonds is 2. The molecule has 2 rings (SSSR count). The Hall–Kier alpha value is -1.26. The fourth-order valence-corrected chi connectivity index (χ4v) is 1.88. The van der Waals surface area contributed by atoms with Gasteiger partial charge >= 0.3 is 0 Å². The van der Waals surface area contributed by atoms with Gasteiger partial charge in [0.1, 0.15) is 11.0 Å². The zero-order valence-corrected chi connectivity index (χ0v) is 9.29. The maximum Gasteiger partial charge on any atom is 0.129 e. The SMILES string of the molecule is Nc1ccc(Sc2ccc(Cl)nc2)cn1. The minimum Gasteiger partial charge on any atom is -0.384 e. The summed E-state index contributed by atoms with van der Waals surface area (Å²) in [5.41, 5.74) is 5.49. The molecule has 0 saturated heterocycles. The molecule has 0 aliphatic heterocycles. The van der Waals surface area contributed by atoms with Crippen LogP contribution in [0.2, 0.25) is 5.15 Å². The monoisotopic (exact) mass is 237 g/mol. The van der Waals surface area contributed by atoms with Crippen LogP contribution >= 0.6 is 23.4 Å². The van der Waals surface area contributed by atoms with Crippen molar-refractivity contribution in [3.05, 3.63) is 41.8 Å². The summed E-state index contributed by atoms with van der Waals surface area (Å²) in [5, 5.41) is 0.495. The number of anilines is 1. The van der Waals surface area contributed by atoms with Crippen LogP contribution in [0, 0.1) is 0 Å². The summed E-state index contributed by atoms with van der Waals surface area (Å²) in [6.45, 7) is 0. The molecule has 0 bridgehead atoms. The number of aromatic nitrogens is 2. The van der Waals surface area contributed by atoms with Crippen molar-refractivity contribution in [1.82, 2.24) is 9.97 Å². The highest BCUT2D eigenvalue weighted by atomic mass is 35.5. The van der Waals surface area contributed by atoms with Crippen molar-refractivity contribution < 1.29 is 0 Å². The number of nitrogens with zero attached hydrogens (tertiary/aromatic N) is 2. The maximum atomic E-state index is 5.69. The van der Waals surface area contributed by atoms with Gasteiger partial charge in [-0.3, -0.25) is 0 Å². The molecule has 0 radical (unpaired) electrons.